The van der Waals surface area contributed by atoms with Gasteiger partial charge in [0.25, 0.3) is 0 Å². The van der Waals surface area contributed by atoms with Gasteiger partial charge in [-0.3, -0.25) is 4.79 Å². The van der Waals surface area contributed by atoms with Gasteiger partial charge in [0.05, 0.1) is 0 Å². The largest absolute Gasteiger partial charge is 0.294 e. The SMILES string of the molecule is Cc1cccc(C)c1CC1CCCc2ccccc2C1=O. The highest BCUT2D eigenvalue weighted by Crippen LogP contribution is 2.28. The molecule has 0 amide bonds. The summed E-state index contributed by atoms with van der Waals surface area (Å²) in [6.45, 7) is 4.30. The Morgan fingerprint density at radius 2 is 1.71 bits per heavy atom. The average molecular weight is 278 g/mol. The maximum atomic E-state index is 12.9. The second kappa shape index (κ2) is 5.85. The van der Waals surface area contributed by atoms with E-state index < -0.39 is 0 Å². The Labute approximate surface area is 127 Å². The highest BCUT2D eigenvalue weighted by atomic mass is 16.1. The summed E-state index contributed by atoms with van der Waals surface area (Å²) >= 11 is 0. The van der Waals surface area contributed by atoms with Crippen LogP contribution in [0.1, 0.15) is 45.5 Å². The van der Waals surface area contributed by atoms with Crippen LogP contribution in [0.4, 0.5) is 0 Å². The van der Waals surface area contributed by atoms with E-state index in [9.17, 15) is 4.79 Å². The molecule has 108 valence electrons. The molecule has 0 spiro atoms. The third-order valence-electron chi connectivity index (χ3n) is 4.75. The Hall–Kier alpha value is -1.89. The van der Waals surface area contributed by atoms with Crippen LogP contribution in [0, 0.1) is 19.8 Å². The minimum atomic E-state index is 0.133. The molecule has 0 heterocycles. The lowest BCUT2D eigenvalue weighted by molar-refractivity contribution is 0.0915. The molecule has 0 bridgehead atoms. The summed E-state index contributed by atoms with van der Waals surface area (Å²) in [5.41, 5.74) is 6.15. The summed E-state index contributed by atoms with van der Waals surface area (Å²) in [7, 11) is 0. The minimum absolute atomic E-state index is 0.133. The number of carbonyl (C=O) groups is 1. The molecule has 3 rings (SSSR count). The van der Waals surface area contributed by atoms with Crippen LogP contribution in [-0.2, 0) is 12.8 Å². The van der Waals surface area contributed by atoms with E-state index in [1.807, 2.05) is 18.2 Å². The van der Waals surface area contributed by atoms with E-state index >= 15 is 0 Å². The summed E-state index contributed by atoms with van der Waals surface area (Å²) in [4.78, 5) is 12.9. The van der Waals surface area contributed by atoms with Gasteiger partial charge in [-0.2, -0.15) is 0 Å². The number of fused-ring (bicyclic) bond motifs is 1. The van der Waals surface area contributed by atoms with Crippen LogP contribution in [0.25, 0.3) is 0 Å². The molecule has 1 nitrogen and oxygen atoms in total. The van der Waals surface area contributed by atoms with Crippen LogP contribution in [0.5, 0.6) is 0 Å². The second-order valence-electron chi connectivity index (χ2n) is 6.19. The number of carbonyl (C=O) groups excluding carboxylic acids is 1. The topological polar surface area (TPSA) is 17.1 Å². The number of aryl methyl sites for hydroxylation is 3. The third kappa shape index (κ3) is 2.78. The molecule has 1 atom stereocenters. The van der Waals surface area contributed by atoms with Crippen molar-refractivity contribution in [2.24, 2.45) is 5.92 Å². The zero-order valence-electron chi connectivity index (χ0n) is 12.9. The molecule has 0 fully saturated rings. The first-order chi connectivity index (χ1) is 10.2. The molecular weight excluding hydrogens is 256 g/mol. The maximum Gasteiger partial charge on any atom is 0.166 e. The van der Waals surface area contributed by atoms with Gasteiger partial charge in [0.15, 0.2) is 5.78 Å². The van der Waals surface area contributed by atoms with Gasteiger partial charge in [0.2, 0.25) is 0 Å². The quantitative estimate of drug-likeness (QED) is 0.729. The van der Waals surface area contributed by atoms with Gasteiger partial charge >= 0.3 is 0 Å². The molecule has 0 N–H and O–H groups in total. The van der Waals surface area contributed by atoms with Crippen molar-refractivity contribution >= 4 is 5.78 Å². The van der Waals surface area contributed by atoms with Crippen molar-refractivity contribution in [3.63, 3.8) is 0 Å². The molecule has 1 aliphatic carbocycles. The number of benzene rings is 2. The Kier molecular flexibility index (Phi) is 3.92. The van der Waals surface area contributed by atoms with Gasteiger partial charge < -0.3 is 0 Å². The fourth-order valence-electron chi connectivity index (χ4n) is 3.48. The average Bonchev–Trinajstić information content (AvgIpc) is 2.63. The van der Waals surface area contributed by atoms with Crippen molar-refractivity contribution in [3.05, 3.63) is 70.3 Å². The van der Waals surface area contributed by atoms with Crippen LogP contribution >= 0.6 is 0 Å². The van der Waals surface area contributed by atoms with E-state index in [2.05, 4.69) is 38.1 Å². The van der Waals surface area contributed by atoms with Gasteiger partial charge in [-0.05, 0) is 61.8 Å². The minimum Gasteiger partial charge on any atom is -0.294 e. The highest BCUT2D eigenvalue weighted by molar-refractivity contribution is 5.99. The molecule has 0 saturated heterocycles. The third-order valence-corrected chi connectivity index (χ3v) is 4.75. The summed E-state index contributed by atoms with van der Waals surface area (Å²) < 4.78 is 0. The molecule has 0 aromatic heterocycles. The molecule has 1 unspecified atom stereocenters. The first-order valence-corrected chi connectivity index (χ1v) is 7.84. The van der Waals surface area contributed by atoms with Gasteiger partial charge in [0, 0.05) is 11.5 Å². The van der Waals surface area contributed by atoms with Crippen molar-refractivity contribution in [3.8, 4) is 0 Å². The number of hydrogen-bond acceptors (Lipinski definition) is 1. The Bertz CT molecular complexity index is 649. The number of hydrogen-bond donors (Lipinski definition) is 0. The summed E-state index contributed by atoms with van der Waals surface area (Å²) in [5, 5.41) is 0. The van der Waals surface area contributed by atoms with Crippen molar-refractivity contribution in [2.75, 3.05) is 0 Å². The zero-order chi connectivity index (χ0) is 14.8. The second-order valence-corrected chi connectivity index (χ2v) is 6.19. The van der Waals surface area contributed by atoms with Crippen LogP contribution < -0.4 is 0 Å². The lowest BCUT2D eigenvalue weighted by atomic mass is 9.86. The maximum absolute atomic E-state index is 12.9. The summed E-state index contributed by atoms with van der Waals surface area (Å²) in [5.74, 6) is 0.471. The normalized spacial score (nSPS) is 18.2. The van der Waals surface area contributed by atoms with Crippen LogP contribution in [0.15, 0.2) is 42.5 Å². The molecular formula is C20H22O. The molecule has 2 aromatic rings. The summed E-state index contributed by atoms with van der Waals surface area (Å²) in [6.07, 6.45) is 4.02. The van der Waals surface area contributed by atoms with Gasteiger partial charge in [-0.25, -0.2) is 0 Å². The molecule has 2 aromatic carbocycles. The molecule has 0 radical (unpaired) electrons. The van der Waals surface area contributed by atoms with Gasteiger partial charge in [-0.1, -0.05) is 42.5 Å². The van der Waals surface area contributed by atoms with Gasteiger partial charge in [-0.15, -0.1) is 0 Å². The first kappa shape index (κ1) is 14.1. The molecule has 0 saturated carbocycles. The number of rotatable bonds is 2. The number of ketones is 1. The van der Waals surface area contributed by atoms with Crippen molar-refractivity contribution in [1.29, 1.82) is 0 Å². The molecule has 1 heteroatoms. The van der Waals surface area contributed by atoms with Crippen molar-refractivity contribution in [1.82, 2.24) is 0 Å². The Balaban J connectivity index is 1.92. The number of Topliss-reactive ketones (excluding diaryl/α,β-unsaturated/α-hetero) is 1. The van der Waals surface area contributed by atoms with E-state index in [1.54, 1.807) is 0 Å². The van der Waals surface area contributed by atoms with Crippen molar-refractivity contribution < 1.29 is 4.79 Å². The molecule has 1 aliphatic rings. The van der Waals surface area contributed by atoms with E-state index in [0.717, 1.165) is 31.2 Å². The van der Waals surface area contributed by atoms with Crippen LogP contribution in [0.2, 0.25) is 0 Å². The predicted molar refractivity (Wildman–Crippen MR) is 86.8 cm³/mol. The predicted octanol–water partition coefficient (Wildman–Crippen LogP) is 4.68. The van der Waals surface area contributed by atoms with Crippen molar-refractivity contribution in [2.45, 2.75) is 39.5 Å². The smallest absolute Gasteiger partial charge is 0.166 e. The fourth-order valence-corrected chi connectivity index (χ4v) is 3.48. The highest BCUT2D eigenvalue weighted by Gasteiger charge is 2.26. The van der Waals surface area contributed by atoms with Gasteiger partial charge in [0.1, 0.15) is 0 Å². The summed E-state index contributed by atoms with van der Waals surface area (Å²) in [6, 6.07) is 14.5. The van der Waals surface area contributed by atoms with E-state index in [0.29, 0.717) is 5.78 Å². The zero-order valence-corrected chi connectivity index (χ0v) is 12.9. The van der Waals surface area contributed by atoms with E-state index in [1.165, 1.54) is 22.3 Å². The standard InChI is InChI=1S/C20H22O/c1-14-7-5-8-15(2)19(14)13-17-11-6-10-16-9-3-4-12-18(16)20(17)21/h3-5,7-9,12,17H,6,10-11,13H2,1-2H3. The van der Waals surface area contributed by atoms with Crippen LogP contribution in [-0.4, -0.2) is 5.78 Å². The Morgan fingerprint density at radius 1 is 1.00 bits per heavy atom. The monoisotopic (exact) mass is 278 g/mol. The van der Waals surface area contributed by atoms with E-state index in [4.69, 9.17) is 0 Å². The Morgan fingerprint density at radius 3 is 2.48 bits per heavy atom. The lowest BCUT2D eigenvalue weighted by Gasteiger charge is -2.17. The van der Waals surface area contributed by atoms with Crippen LogP contribution in [0.3, 0.4) is 0 Å². The fraction of sp³-hybridized carbons (Fsp3) is 0.350. The van der Waals surface area contributed by atoms with E-state index in [-0.39, 0.29) is 5.92 Å². The molecule has 21 heavy (non-hydrogen) atoms. The first-order valence-electron chi connectivity index (χ1n) is 7.84. The molecule has 0 aliphatic heterocycles. The lowest BCUT2D eigenvalue weighted by Crippen LogP contribution is -2.17.